The quantitative estimate of drug-likeness (QED) is 0.641. The Morgan fingerprint density at radius 2 is 1.95 bits per heavy atom. The van der Waals surface area contributed by atoms with Gasteiger partial charge in [-0.25, -0.2) is 4.98 Å². The van der Waals surface area contributed by atoms with Crippen molar-refractivity contribution >= 4 is 45.5 Å². The molecule has 4 heterocycles. The Labute approximate surface area is 133 Å². The molecule has 3 aromatic heterocycles. The Bertz CT molecular complexity index is 889. The van der Waals surface area contributed by atoms with Crippen LogP contribution in [-0.4, -0.2) is 28.5 Å². The molecule has 1 aliphatic heterocycles. The van der Waals surface area contributed by atoms with Gasteiger partial charge in [0.25, 0.3) is 0 Å². The summed E-state index contributed by atoms with van der Waals surface area (Å²) in [4.78, 5) is 13.7. The van der Waals surface area contributed by atoms with Crippen molar-refractivity contribution in [3.8, 4) is 0 Å². The van der Waals surface area contributed by atoms with Crippen molar-refractivity contribution in [2.45, 2.75) is 6.92 Å². The third kappa shape index (κ3) is 1.67. The van der Waals surface area contributed by atoms with Crippen LogP contribution in [0.3, 0.4) is 0 Å². The molecule has 0 bridgehead atoms. The lowest BCUT2D eigenvalue weighted by Crippen LogP contribution is -2.24. The lowest BCUT2D eigenvalue weighted by Gasteiger charge is -2.23. The summed E-state index contributed by atoms with van der Waals surface area (Å²) < 4.78 is 6.00. The molecule has 0 amide bonds. The van der Waals surface area contributed by atoms with E-state index < -0.39 is 0 Å². The first-order valence-electron chi connectivity index (χ1n) is 7.10. The van der Waals surface area contributed by atoms with E-state index in [-0.39, 0.29) is 0 Å². The maximum atomic E-state index is 6.00. The van der Waals surface area contributed by atoms with E-state index in [0.29, 0.717) is 10.7 Å². The lowest BCUT2D eigenvalue weighted by atomic mass is 10.2. The Kier molecular flexibility index (Phi) is 2.87. The lowest BCUT2D eigenvalue weighted by molar-refractivity contribution is 0.605. The fraction of sp³-hybridized carbons (Fsp3) is 0.188. The molecule has 0 saturated carbocycles. The predicted molar refractivity (Wildman–Crippen MR) is 91.0 cm³/mol. The topological polar surface area (TPSA) is 45.4 Å². The average molecular weight is 310 g/mol. The van der Waals surface area contributed by atoms with Crippen LogP contribution in [0.4, 0.5) is 17.2 Å². The molecule has 0 N–H and O–H groups in total. The van der Waals surface area contributed by atoms with Crippen LogP contribution < -0.4 is 9.80 Å². The Balaban J connectivity index is 2.11. The van der Waals surface area contributed by atoms with E-state index >= 15 is 0 Å². The third-order valence-corrected chi connectivity index (χ3v) is 4.35. The van der Waals surface area contributed by atoms with E-state index in [1.807, 2.05) is 36.2 Å². The normalized spacial score (nSPS) is 14.0. The monoisotopic (exact) mass is 310 g/mol. The molecule has 0 unspecified atom stereocenters. The first-order valence-corrected chi connectivity index (χ1v) is 7.51. The number of hydrogen-bond acceptors (Lipinski definition) is 5. The summed E-state index contributed by atoms with van der Waals surface area (Å²) in [5.74, 6) is 1.54. The first kappa shape index (κ1) is 13.2. The second-order valence-corrected chi connectivity index (χ2v) is 5.47. The van der Waals surface area contributed by atoms with Crippen molar-refractivity contribution < 1.29 is 4.42 Å². The molecule has 0 spiro atoms. The molecule has 4 rings (SSSR count). The van der Waals surface area contributed by atoms with Gasteiger partial charge in [-0.3, -0.25) is 4.98 Å². The molecule has 3 aromatic rings. The smallest absolute Gasteiger partial charge is 0.188 e. The van der Waals surface area contributed by atoms with E-state index in [1.54, 1.807) is 12.4 Å². The highest BCUT2D eigenvalue weighted by atomic mass is 32.1. The summed E-state index contributed by atoms with van der Waals surface area (Å²) in [6, 6.07) is 7.70. The molecule has 0 radical (unpaired) electrons. The number of aromatic nitrogens is 2. The minimum atomic E-state index is 0.637. The molecule has 0 fully saturated rings. The molecule has 22 heavy (non-hydrogen) atoms. The number of anilines is 3. The van der Waals surface area contributed by atoms with E-state index in [9.17, 15) is 0 Å². The second kappa shape index (κ2) is 4.78. The van der Waals surface area contributed by atoms with Gasteiger partial charge < -0.3 is 14.2 Å². The number of rotatable bonds is 1. The number of pyridine rings is 2. The summed E-state index contributed by atoms with van der Waals surface area (Å²) in [6.45, 7) is 2.83. The number of nitrogens with zero attached hydrogens (tertiary/aromatic N) is 4. The zero-order valence-corrected chi connectivity index (χ0v) is 13.1. The van der Waals surface area contributed by atoms with Gasteiger partial charge in [0.05, 0.1) is 5.69 Å². The third-order valence-electron chi connectivity index (χ3n) is 3.89. The SMILES string of the molecule is CCN1c2ncccc2N(C)C(=S)c2oc3cccnc3c21. The summed E-state index contributed by atoms with van der Waals surface area (Å²) in [5.41, 5.74) is 3.41. The van der Waals surface area contributed by atoms with Gasteiger partial charge in [0.2, 0.25) is 0 Å². The van der Waals surface area contributed by atoms with Crippen LogP contribution in [0, 0.1) is 0 Å². The molecule has 0 saturated heterocycles. The molecule has 110 valence electrons. The van der Waals surface area contributed by atoms with Crippen LogP contribution in [0.2, 0.25) is 0 Å². The van der Waals surface area contributed by atoms with Crippen molar-refractivity contribution in [2.75, 3.05) is 23.4 Å². The second-order valence-electron chi connectivity index (χ2n) is 5.08. The summed E-state index contributed by atoms with van der Waals surface area (Å²) in [5, 5.41) is 0. The molecular weight excluding hydrogens is 296 g/mol. The van der Waals surface area contributed by atoms with Gasteiger partial charge in [-0.05, 0) is 31.2 Å². The zero-order chi connectivity index (χ0) is 15.3. The van der Waals surface area contributed by atoms with Gasteiger partial charge in [-0.2, -0.15) is 0 Å². The molecule has 6 heteroatoms. The Hall–Kier alpha value is -2.47. The Morgan fingerprint density at radius 1 is 1.18 bits per heavy atom. The van der Waals surface area contributed by atoms with E-state index in [0.717, 1.165) is 34.8 Å². The number of hydrogen-bond donors (Lipinski definition) is 0. The molecule has 0 aliphatic carbocycles. The first-order chi connectivity index (χ1) is 10.7. The minimum absolute atomic E-state index is 0.637. The van der Waals surface area contributed by atoms with Crippen LogP contribution in [0.15, 0.2) is 41.1 Å². The standard InChI is InChI=1S/C16H14N4OS/c1-3-20-13-12-11(7-5-8-17-12)21-14(13)16(22)19(2)10-6-4-9-18-15(10)20/h4-9H,3H2,1-2H3. The summed E-state index contributed by atoms with van der Waals surface area (Å²) in [6.07, 6.45) is 3.56. The molecule has 5 nitrogen and oxygen atoms in total. The highest BCUT2D eigenvalue weighted by molar-refractivity contribution is 7.81. The van der Waals surface area contributed by atoms with E-state index in [4.69, 9.17) is 16.6 Å². The number of thiocarbonyl (C=S) groups is 1. The van der Waals surface area contributed by atoms with Crippen molar-refractivity contribution in [1.29, 1.82) is 0 Å². The maximum absolute atomic E-state index is 6.00. The molecule has 1 aliphatic rings. The van der Waals surface area contributed by atoms with Crippen LogP contribution in [0.1, 0.15) is 12.7 Å². The molecule has 0 atom stereocenters. The summed E-state index contributed by atoms with van der Waals surface area (Å²) in [7, 11) is 1.94. The fourth-order valence-corrected chi connectivity index (χ4v) is 3.08. The van der Waals surface area contributed by atoms with E-state index in [2.05, 4.69) is 21.8 Å². The summed E-state index contributed by atoms with van der Waals surface area (Å²) >= 11 is 5.64. The number of furan rings is 1. The van der Waals surface area contributed by atoms with Gasteiger partial charge in [0, 0.05) is 26.0 Å². The van der Waals surface area contributed by atoms with E-state index in [1.165, 1.54) is 0 Å². The van der Waals surface area contributed by atoms with Gasteiger partial charge in [-0.1, -0.05) is 12.2 Å². The van der Waals surface area contributed by atoms with Gasteiger partial charge in [-0.15, -0.1) is 0 Å². The van der Waals surface area contributed by atoms with Crippen molar-refractivity contribution in [3.63, 3.8) is 0 Å². The largest absolute Gasteiger partial charge is 0.450 e. The minimum Gasteiger partial charge on any atom is -0.450 e. The maximum Gasteiger partial charge on any atom is 0.188 e. The highest BCUT2D eigenvalue weighted by Crippen LogP contribution is 2.43. The molecule has 0 aromatic carbocycles. The van der Waals surface area contributed by atoms with Gasteiger partial charge in [0.15, 0.2) is 22.1 Å². The highest BCUT2D eigenvalue weighted by Gasteiger charge is 2.32. The number of fused-ring (bicyclic) bond motifs is 4. The van der Waals surface area contributed by atoms with Crippen molar-refractivity contribution in [1.82, 2.24) is 9.97 Å². The average Bonchev–Trinajstić information content (AvgIpc) is 2.91. The zero-order valence-electron chi connectivity index (χ0n) is 12.3. The van der Waals surface area contributed by atoms with Crippen LogP contribution >= 0.6 is 12.2 Å². The van der Waals surface area contributed by atoms with Crippen molar-refractivity contribution in [2.24, 2.45) is 0 Å². The molecular formula is C16H14N4OS. The predicted octanol–water partition coefficient (Wildman–Crippen LogP) is 3.51. The van der Waals surface area contributed by atoms with Crippen LogP contribution in [0.25, 0.3) is 11.1 Å². The van der Waals surface area contributed by atoms with Crippen molar-refractivity contribution in [3.05, 3.63) is 42.4 Å². The van der Waals surface area contributed by atoms with Gasteiger partial charge in [0.1, 0.15) is 11.2 Å². The Morgan fingerprint density at radius 3 is 2.77 bits per heavy atom. The van der Waals surface area contributed by atoms with Crippen LogP contribution in [-0.2, 0) is 0 Å². The fourth-order valence-electron chi connectivity index (χ4n) is 2.85. The van der Waals surface area contributed by atoms with Crippen LogP contribution in [0.5, 0.6) is 0 Å². The van der Waals surface area contributed by atoms with Gasteiger partial charge >= 0.3 is 0 Å².